The van der Waals surface area contributed by atoms with Crippen LogP contribution in [0.15, 0.2) is 72.8 Å². The van der Waals surface area contributed by atoms with Crippen molar-refractivity contribution in [1.29, 1.82) is 0 Å². The fourth-order valence-corrected chi connectivity index (χ4v) is 3.74. The Bertz CT molecular complexity index is 1190. The average Bonchev–Trinajstić information content (AvgIpc) is 2.73. The fourth-order valence-electron chi connectivity index (χ4n) is 2.86. The van der Waals surface area contributed by atoms with Gasteiger partial charge in [0.05, 0.1) is 18.5 Å². The molecule has 31 heavy (non-hydrogen) atoms. The number of nitrogens with one attached hydrogen (secondary N) is 1. The maximum absolute atomic E-state index is 13.1. The third kappa shape index (κ3) is 5.67. The summed E-state index contributed by atoms with van der Waals surface area (Å²) in [5.74, 6) is -1.37. The molecule has 3 aromatic carbocycles. The molecule has 3 rings (SSSR count). The van der Waals surface area contributed by atoms with Gasteiger partial charge in [0.25, 0.3) is 5.91 Å². The lowest BCUT2D eigenvalue weighted by atomic mass is 10.1. The highest BCUT2D eigenvalue weighted by atomic mass is 32.2. The van der Waals surface area contributed by atoms with E-state index in [1.165, 1.54) is 65.0 Å². The highest BCUT2D eigenvalue weighted by Gasteiger charge is 2.18. The molecule has 0 spiro atoms. The first-order valence-corrected chi connectivity index (χ1v) is 11.0. The molecule has 0 bridgehead atoms. The molecule has 0 fully saturated rings. The monoisotopic (exact) mass is 441 g/mol. The van der Waals surface area contributed by atoms with Crippen molar-refractivity contribution in [3.63, 3.8) is 0 Å². The Kier molecular flexibility index (Phi) is 6.36. The number of rotatable bonds is 7. The van der Waals surface area contributed by atoms with Crippen LogP contribution in [0.2, 0.25) is 0 Å². The minimum Gasteiger partial charge on any atom is -0.366 e. The van der Waals surface area contributed by atoms with Gasteiger partial charge in [-0.25, -0.2) is 12.8 Å². The van der Waals surface area contributed by atoms with E-state index < -0.39 is 27.7 Å². The number of halogens is 1. The van der Waals surface area contributed by atoms with Crippen molar-refractivity contribution >= 4 is 33.2 Å². The fraction of sp³-hybridized carbons (Fsp3) is 0.0909. The summed E-state index contributed by atoms with van der Waals surface area (Å²) in [6.45, 7) is 0.0247. The Balaban J connectivity index is 1.76. The smallest absolute Gasteiger partial charge is 0.255 e. The van der Waals surface area contributed by atoms with Gasteiger partial charge in [-0.05, 0) is 66.2 Å². The van der Waals surface area contributed by atoms with Gasteiger partial charge in [-0.2, -0.15) is 0 Å². The Morgan fingerprint density at radius 3 is 1.97 bits per heavy atom. The normalized spacial score (nSPS) is 11.0. The summed E-state index contributed by atoms with van der Waals surface area (Å²) in [5.41, 5.74) is 7.30. The number of nitrogens with zero attached hydrogens (tertiary/aromatic N) is 1. The second-order valence-electron chi connectivity index (χ2n) is 6.84. The number of sulfonamides is 1. The van der Waals surface area contributed by atoms with E-state index in [-0.39, 0.29) is 6.54 Å². The molecular formula is C22H20FN3O4S. The minimum absolute atomic E-state index is 0.0247. The molecule has 0 unspecified atom stereocenters. The number of carbonyl (C=O) groups is 2. The molecule has 3 N–H and O–H groups in total. The van der Waals surface area contributed by atoms with Crippen molar-refractivity contribution in [1.82, 2.24) is 0 Å². The van der Waals surface area contributed by atoms with Crippen LogP contribution in [0, 0.1) is 5.82 Å². The van der Waals surface area contributed by atoms with Gasteiger partial charge in [0.1, 0.15) is 5.82 Å². The molecule has 0 heterocycles. The number of hydrogen-bond donors (Lipinski definition) is 2. The maximum Gasteiger partial charge on any atom is 0.255 e. The number of amides is 2. The lowest BCUT2D eigenvalue weighted by molar-refractivity contribution is 0.0998. The Labute approximate surface area is 179 Å². The molecule has 0 saturated heterocycles. The number of primary amides is 1. The van der Waals surface area contributed by atoms with E-state index in [0.717, 1.165) is 6.26 Å². The molecule has 0 aliphatic carbocycles. The lowest BCUT2D eigenvalue weighted by Crippen LogP contribution is -2.29. The second kappa shape index (κ2) is 8.97. The van der Waals surface area contributed by atoms with Gasteiger partial charge in [0.15, 0.2) is 0 Å². The molecule has 160 valence electrons. The van der Waals surface area contributed by atoms with E-state index in [1.54, 1.807) is 12.1 Å². The number of anilines is 2. The lowest BCUT2D eigenvalue weighted by Gasteiger charge is -2.22. The summed E-state index contributed by atoms with van der Waals surface area (Å²) < 4.78 is 38.8. The molecule has 0 aliphatic heterocycles. The van der Waals surface area contributed by atoms with Crippen LogP contribution in [0.5, 0.6) is 0 Å². The predicted octanol–water partition coefficient (Wildman–Crippen LogP) is 3.14. The van der Waals surface area contributed by atoms with Gasteiger partial charge in [0.2, 0.25) is 15.9 Å². The zero-order valence-corrected chi connectivity index (χ0v) is 17.4. The van der Waals surface area contributed by atoms with Crippen molar-refractivity contribution in [2.24, 2.45) is 5.73 Å². The Hall–Kier alpha value is -3.72. The standard InChI is InChI=1S/C22H20FN3O4S/c1-31(29,30)26(14-15-2-8-18(23)9-3-15)20-12-6-17(7-13-20)22(28)25-19-10-4-16(5-11-19)21(24)27/h2-13H,14H2,1H3,(H2,24,27)(H,25,28). The van der Waals surface area contributed by atoms with E-state index in [2.05, 4.69) is 5.32 Å². The summed E-state index contributed by atoms with van der Waals surface area (Å²) in [4.78, 5) is 23.6. The van der Waals surface area contributed by atoms with E-state index in [0.29, 0.717) is 28.1 Å². The number of nitrogens with two attached hydrogens (primary N) is 1. The maximum atomic E-state index is 13.1. The van der Waals surface area contributed by atoms with Crippen molar-refractivity contribution in [2.75, 3.05) is 15.9 Å². The molecular weight excluding hydrogens is 421 g/mol. The van der Waals surface area contributed by atoms with Crippen LogP contribution in [0.25, 0.3) is 0 Å². The SMILES string of the molecule is CS(=O)(=O)N(Cc1ccc(F)cc1)c1ccc(C(=O)Nc2ccc(C(N)=O)cc2)cc1. The summed E-state index contributed by atoms with van der Waals surface area (Å²) in [6.07, 6.45) is 1.08. The van der Waals surface area contributed by atoms with E-state index in [1.807, 2.05) is 0 Å². The molecule has 0 atom stereocenters. The van der Waals surface area contributed by atoms with Gasteiger partial charge in [-0.1, -0.05) is 12.1 Å². The first-order valence-electron chi connectivity index (χ1n) is 9.17. The molecule has 0 radical (unpaired) electrons. The first-order chi connectivity index (χ1) is 14.6. The van der Waals surface area contributed by atoms with Crippen LogP contribution in [-0.4, -0.2) is 26.5 Å². The van der Waals surface area contributed by atoms with Gasteiger partial charge in [-0.3, -0.25) is 13.9 Å². The van der Waals surface area contributed by atoms with Crippen LogP contribution in [0.3, 0.4) is 0 Å². The molecule has 3 aromatic rings. The predicted molar refractivity (Wildman–Crippen MR) is 117 cm³/mol. The van der Waals surface area contributed by atoms with Gasteiger partial charge in [0, 0.05) is 16.8 Å². The van der Waals surface area contributed by atoms with Crippen molar-refractivity contribution in [2.45, 2.75) is 6.54 Å². The Morgan fingerprint density at radius 1 is 0.903 bits per heavy atom. The average molecular weight is 441 g/mol. The number of carbonyl (C=O) groups excluding carboxylic acids is 2. The number of hydrogen-bond acceptors (Lipinski definition) is 4. The molecule has 0 saturated carbocycles. The third-order valence-electron chi connectivity index (χ3n) is 4.48. The molecule has 7 nitrogen and oxygen atoms in total. The summed E-state index contributed by atoms with van der Waals surface area (Å²) in [5, 5.41) is 2.69. The number of benzene rings is 3. The van der Waals surface area contributed by atoms with Crippen molar-refractivity contribution in [3.8, 4) is 0 Å². The summed E-state index contributed by atoms with van der Waals surface area (Å²) >= 11 is 0. The molecule has 2 amide bonds. The highest BCUT2D eigenvalue weighted by molar-refractivity contribution is 7.92. The van der Waals surface area contributed by atoms with E-state index >= 15 is 0 Å². The molecule has 0 aromatic heterocycles. The summed E-state index contributed by atoms with van der Waals surface area (Å²) in [7, 11) is -3.62. The highest BCUT2D eigenvalue weighted by Crippen LogP contribution is 2.22. The van der Waals surface area contributed by atoms with E-state index in [9.17, 15) is 22.4 Å². The van der Waals surface area contributed by atoms with Gasteiger partial charge < -0.3 is 11.1 Å². The van der Waals surface area contributed by atoms with Crippen LogP contribution in [-0.2, 0) is 16.6 Å². The van der Waals surface area contributed by atoms with Crippen molar-refractivity contribution in [3.05, 3.63) is 95.3 Å². The Morgan fingerprint density at radius 2 is 1.45 bits per heavy atom. The van der Waals surface area contributed by atoms with Crippen LogP contribution < -0.4 is 15.4 Å². The first kappa shape index (κ1) is 22.0. The van der Waals surface area contributed by atoms with Gasteiger partial charge >= 0.3 is 0 Å². The zero-order chi connectivity index (χ0) is 22.6. The summed E-state index contributed by atoms with van der Waals surface area (Å²) in [6, 6.07) is 17.7. The quantitative estimate of drug-likeness (QED) is 0.587. The van der Waals surface area contributed by atoms with Crippen LogP contribution >= 0.6 is 0 Å². The van der Waals surface area contributed by atoms with Gasteiger partial charge in [-0.15, -0.1) is 0 Å². The molecule has 9 heteroatoms. The zero-order valence-electron chi connectivity index (χ0n) is 16.6. The minimum atomic E-state index is -3.62. The molecule has 0 aliphatic rings. The van der Waals surface area contributed by atoms with Crippen LogP contribution in [0.4, 0.5) is 15.8 Å². The topological polar surface area (TPSA) is 110 Å². The largest absolute Gasteiger partial charge is 0.366 e. The van der Waals surface area contributed by atoms with Crippen LogP contribution in [0.1, 0.15) is 26.3 Å². The van der Waals surface area contributed by atoms with Crippen molar-refractivity contribution < 1.29 is 22.4 Å². The van der Waals surface area contributed by atoms with E-state index in [4.69, 9.17) is 5.73 Å². The second-order valence-corrected chi connectivity index (χ2v) is 8.75. The third-order valence-corrected chi connectivity index (χ3v) is 5.63.